The molecule has 2 N–H and O–H groups in total. The van der Waals surface area contributed by atoms with E-state index in [1.807, 2.05) is 6.92 Å². The minimum atomic E-state index is -0.160. The molecule has 0 radical (unpaired) electrons. The summed E-state index contributed by atoms with van der Waals surface area (Å²) in [6, 6.07) is 1.95. The molecule has 17 heavy (non-hydrogen) atoms. The van der Waals surface area contributed by atoms with Crippen molar-refractivity contribution in [2.75, 3.05) is 6.61 Å². The molecule has 0 saturated heterocycles. The fraction of sp³-hybridized carbons (Fsp3) is 0.462. The Morgan fingerprint density at radius 1 is 1.65 bits per heavy atom. The number of amides is 1. The van der Waals surface area contributed by atoms with Crippen LogP contribution in [0.1, 0.15) is 41.9 Å². The predicted octanol–water partition coefficient (Wildman–Crippen LogP) is 2.01. The number of nitrogens with one attached hydrogen (secondary N) is 1. The Morgan fingerprint density at radius 2 is 2.41 bits per heavy atom. The van der Waals surface area contributed by atoms with Gasteiger partial charge in [-0.3, -0.25) is 4.79 Å². The van der Waals surface area contributed by atoms with Gasteiger partial charge in [-0.05, 0) is 19.4 Å². The second kappa shape index (κ2) is 7.10. The minimum absolute atomic E-state index is 0.0563. The van der Waals surface area contributed by atoms with Gasteiger partial charge in [0.1, 0.15) is 6.61 Å². The van der Waals surface area contributed by atoms with Crippen molar-refractivity contribution in [1.29, 1.82) is 0 Å². The van der Waals surface area contributed by atoms with Crippen LogP contribution in [0, 0.1) is 11.8 Å². The van der Waals surface area contributed by atoms with E-state index in [2.05, 4.69) is 24.1 Å². The van der Waals surface area contributed by atoms with Crippen LogP contribution in [0.15, 0.2) is 11.4 Å². The van der Waals surface area contributed by atoms with Crippen LogP contribution in [0.25, 0.3) is 0 Å². The molecule has 0 fully saturated rings. The second-order valence-corrected chi connectivity index (χ2v) is 4.73. The SMILES string of the molecule is CCCC(C)NC(=O)c1csc(C#CCO)c1. The first-order chi connectivity index (χ1) is 8.17. The molecular formula is C13H17NO2S. The van der Waals surface area contributed by atoms with E-state index in [4.69, 9.17) is 5.11 Å². The second-order valence-electron chi connectivity index (χ2n) is 3.82. The predicted molar refractivity (Wildman–Crippen MR) is 70.1 cm³/mol. The Labute approximate surface area is 106 Å². The van der Waals surface area contributed by atoms with Gasteiger partial charge in [-0.25, -0.2) is 0 Å². The van der Waals surface area contributed by atoms with E-state index >= 15 is 0 Å². The Hall–Kier alpha value is -1.31. The number of thiophene rings is 1. The summed E-state index contributed by atoms with van der Waals surface area (Å²) in [4.78, 5) is 12.6. The van der Waals surface area contributed by atoms with Gasteiger partial charge < -0.3 is 10.4 Å². The lowest BCUT2D eigenvalue weighted by Crippen LogP contribution is -2.32. The molecule has 1 heterocycles. The van der Waals surface area contributed by atoms with Crippen LogP contribution in [0.5, 0.6) is 0 Å². The van der Waals surface area contributed by atoms with E-state index in [0.29, 0.717) is 5.56 Å². The van der Waals surface area contributed by atoms with Gasteiger partial charge in [0.2, 0.25) is 0 Å². The van der Waals surface area contributed by atoms with E-state index in [1.165, 1.54) is 11.3 Å². The van der Waals surface area contributed by atoms with Crippen molar-refractivity contribution in [1.82, 2.24) is 5.32 Å². The number of rotatable bonds is 4. The fourth-order valence-corrected chi connectivity index (χ4v) is 2.21. The normalized spacial score (nSPS) is 11.5. The van der Waals surface area contributed by atoms with Crippen molar-refractivity contribution in [3.8, 4) is 11.8 Å². The van der Waals surface area contributed by atoms with Crippen molar-refractivity contribution >= 4 is 17.2 Å². The van der Waals surface area contributed by atoms with Gasteiger partial charge in [0.05, 0.1) is 10.4 Å². The molecule has 1 unspecified atom stereocenters. The van der Waals surface area contributed by atoms with Crippen molar-refractivity contribution in [2.45, 2.75) is 32.7 Å². The third-order valence-corrected chi connectivity index (χ3v) is 3.10. The third kappa shape index (κ3) is 4.59. The van der Waals surface area contributed by atoms with Crippen LogP contribution in [0.2, 0.25) is 0 Å². The zero-order valence-electron chi connectivity index (χ0n) is 10.1. The summed E-state index contributed by atoms with van der Waals surface area (Å²) >= 11 is 1.41. The molecule has 0 aliphatic heterocycles. The molecule has 0 spiro atoms. The smallest absolute Gasteiger partial charge is 0.252 e. The van der Waals surface area contributed by atoms with Gasteiger partial charge in [0, 0.05) is 11.4 Å². The van der Waals surface area contributed by atoms with Crippen molar-refractivity contribution in [3.05, 3.63) is 21.9 Å². The zero-order chi connectivity index (χ0) is 12.7. The average Bonchev–Trinajstić information content (AvgIpc) is 2.75. The molecule has 0 bridgehead atoms. The van der Waals surface area contributed by atoms with E-state index in [0.717, 1.165) is 17.7 Å². The molecule has 1 aromatic heterocycles. The molecule has 0 aromatic carbocycles. The maximum absolute atomic E-state index is 11.8. The van der Waals surface area contributed by atoms with Crippen LogP contribution >= 0.6 is 11.3 Å². The number of hydrogen-bond donors (Lipinski definition) is 2. The minimum Gasteiger partial charge on any atom is -0.384 e. The lowest BCUT2D eigenvalue weighted by Gasteiger charge is -2.11. The van der Waals surface area contributed by atoms with Crippen molar-refractivity contribution < 1.29 is 9.90 Å². The molecule has 1 rings (SSSR count). The van der Waals surface area contributed by atoms with Crippen molar-refractivity contribution in [3.63, 3.8) is 0 Å². The number of aliphatic hydroxyl groups excluding tert-OH is 1. The average molecular weight is 251 g/mol. The van der Waals surface area contributed by atoms with Gasteiger partial charge in [-0.2, -0.15) is 0 Å². The molecular weight excluding hydrogens is 234 g/mol. The molecule has 0 aliphatic rings. The van der Waals surface area contributed by atoms with Gasteiger partial charge in [0.25, 0.3) is 5.91 Å². The Balaban J connectivity index is 2.60. The number of carbonyl (C=O) groups excluding carboxylic acids is 1. The zero-order valence-corrected chi connectivity index (χ0v) is 10.9. The van der Waals surface area contributed by atoms with Gasteiger partial charge in [0.15, 0.2) is 0 Å². The lowest BCUT2D eigenvalue weighted by molar-refractivity contribution is 0.0939. The van der Waals surface area contributed by atoms with E-state index in [9.17, 15) is 4.79 Å². The third-order valence-electron chi connectivity index (χ3n) is 2.25. The van der Waals surface area contributed by atoms with Gasteiger partial charge >= 0.3 is 0 Å². The maximum Gasteiger partial charge on any atom is 0.252 e. The highest BCUT2D eigenvalue weighted by molar-refractivity contribution is 7.10. The Morgan fingerprint density at radius 3 is 3.06 bits per heavy atom. The summed E-state index contributed by atoms with van der Waals surface area (Å²) in [5.41, 5.74) is 0.639. The molecule has 1 atom stereocenters. The lowest BCUT2D eigenvalue weighted by atomic mass is 10.2. The largest absolute Gasteiger partial charge is 0.384 e. The molecule has 0 saturated carbocycles. The van der Waals surface area contributed by atoms with Crippen LogP contribution in [0.3, 0.4) is 0 Å². The topological polar surface area (TPSA) is 49.3 Å². The fourth-order valence-electron chi connectivity index (χ4n) is 1.46. The monoisotopic (exact) mass is 251 g/mol. The highest BCUT2D eigenvalue weighted by Gasteiger charge is 2.10. The first-order valence-corrected chi connectivity index (χ1v) is 6.54. The number of carbonyl (C=O) groups is 1. The van der Waals surface area contributed by atoms with Crippen LogP contribution in [0.4, 0.5) is 0 Å². The first-order valence-electron chi connectivity index (χ1n) is 5.66. The summed E-state index contributed by atoms with van der Waals surface area (Å²) in [5.74, 6) is 5.29. The van der Waals surface area contributed by atoms with Gasteiger partial charge in [-0.1, -0.05) is 25.2 Å². The molecule has 1 aromatic rings. The summed E-state index contributed by atoms with van der Waals surface area (Å²) in [6.07, 6.45) is 2.03. The highest BCUT2D eigenvalue weighted by Crippen LogP contribution is 2.13. The standard InChI is InChI=1S/C13H17NO2S/c1-3-5-10(2)14-13(16)11-8-12(17-9-11)6-4-7-15/h8-10,15H,3,5,7H2,1-2H3,(H,14,16). The molecule has 4 heteroatoms. The van der Waals surface area contributed by atoms with Crippen molar-refractivity contribution in [2.24, 2.45) is 0 Å². The Bertz CT molecular complexity index is 428. The molecule has 92 valence electrons. The summed E-state index contributed by atoms with van der Waals surface area (Å²) in [7, 11) is 0. The van der Waals surface area contributed by atoms with E-state index in [1.54, 1.807) is 11.4 Å². The van der Waals surface area contributed by atoms with Gasteiger partial charge in [-0.15, -0.1) is 11.3 Å². The summed E-state index contributed by atoms with van der Waals surface area (Å²) < 4.78 is 0. The highest BCUT2D eigenvalue weighted by atomic mass is 32.1. The van der Waals surface area contributed by atoms with E-state index in [-0.39, 0.29) is 18.6 Å². The van der Waals surface area contributed by atoms with Crippen LogP contribution in [-0.4, -0.2) is 23.7 Å². The quantitative estimate of drug-likeness (QED) is 0.804. The van der Waals surface area contributed by atoms with Crippen LogP contribution < -0.4 is 5.32 Å². The van der Waals surface area contributed by atoms with E-state index < -0.39 is 0 Å². The number of aliphatic hydroxyl groups is 1. The Kier molecular flexibility index (Phi) is 5.75. The maximum atomic E-state index is 11.8. The number of hydrogen-bond acceptors (Lipinski definition) is 3. The molecule has 0 aliphatic carbocycles. The molecule has 1 amide bonds. The summed E-state index contributed by atoms with van der Waals surface area (Å²) in [5, 5.41) is 13.3. The van der Waals surface area contributed by atoms with Crippen LogP contribution in [-0.2, 0) is 0 Å². The first kappa shape index (κ1) is 13.8. The molecule has 3 nitrogen and oxygen atoms in total. The summed E-state index contributed by atoms with van der Waals surface area (Å²) in [6.45, 7) is 3.93.